The van der Waals surface area contributed by atoms with Crippen molar-refractivity contribution in [3.05, 3.63) is 117 Å². The minimum absolute atomic E-state index is 0.00823. The molecule has 0 unspecified atom stereocenters. The van der Waals surface area contributed by atoms with Crippen molar-refractivity contribution in [1.82, 2.24) is 19.5 Å². The van der Waals surface area contributed by atoms with Gasteiger partial charge in [0, 0.05) is 5.56 Å². The van der Waals surface area contributed by atoms with E-state index in [1.165, 1.54) is 10.8 Å². The number of halogens is 2. The van der Waals surface area contributed by atoms with Crippen LogP contribution < -0.4 is 16.2 Å². The quantitative estimate of drug-likeness (QED) is 0.264. The number of hydrogen-bond acceptors (Lipinski definition) is 6. The molecule has 0 saturated heterocycles. The summed E-state index contributed by atoms with van der Waals surface area (Å²) in [6.45, 7) is 1.83. The molecule has 10 heteroatoms. The summed E-state index contributed by atoms with van der Waals surface area (Å²) in [6, 6.07) is 22.5. The van der Waals surface area contributed by atoms with Gasteiger partial charge in [0.25, 0.3) is 11.5 Å². The summed E-state index contributed by atoms with van der Waals surface area (Å²) in [5, 5.41) is 6.69. The molecule has 2 N–H and O–H groups in total. The van der Waals surface area contributed by atoms with Crippen LogP contribution in [-0.4, -0.2) is 25.4 Å². The van der Waals surface area contributed by atoms with Gasteiger partial charge in [0.15, 0.2) is 5.82 Å². The van der Waals surface area contributed by atoms with Crippen LogP contribution in [0.3, 0.4) is 0 Å². The fraction of sp³-hybridized carbons (Fsp3) is 0.0741. The van der Waals surface area contributed by atoms with Gasteiger partial charge in [-0.1, -0.05) is 54.1 Å². The number of rotatable bonds is 6. The number of nitrogens with zero attached hydrogens (tertiary/aromatic N) is 4. The van der Waals surface area contributed by atoms with Crippen molar-refractivity contribution in [2.24, 2.45) is 0 Å². The maximum absolute atomic E-state index is 13.7. The van der Waals surface area contributed by atoms with Gasteiger partial charge in [0.05, 0.1) is 33.9 Å². The van der Waals surface area contributed by atoms with Gasteiger partial charge in [-0.3, -0.25) is 14.2 Å². The minimum atomic E-state index is -0.547. The lowest BCUT2D eigenvalue weighted by atomic mass is 10.2. The molecular weight excluding hydrogens is 511 g/mol. The van der Waals surface area contributed by atoms with Gasteiger partial charge in [-0.2, -0.15) is 4.98 Å². The smallest absolute Gasteiger partial charge is 0.267 e. The monoisotopic (exact) mass is 530 g/mol. The first-order chi connectivity index (χ1) is 17.9. The Morgan fingerprint density at radius 1 is 0.919 bits per heavy atom. The van der Waals surface area contributed by atoms with Crippen molar-refractivity contribution in [2.45, 2.75) is 13.0 Å². The summed E-state index contributed by atoms with van der Waals surface area (Å²) in [4.78, 5) is 39.5. The number of carbonyl (C=O) groups excluding carboxylic acids is 1. The Labute approximate surface area is 221 Å². The first-order valence-corrected chi connectivity index (χ1v) is 12.1. The van der Waals surface area contributed by atoms with Gasteiger partial charge in [-0.25, -0.2) is 9.97 Å². The van der Waals surface area contributed by atoms with Crippen LogP contribution in [0.15, 0.2) is 89.9 Å². The van der Waals surface area contributed by atoms with E-state index in [-0.39, 0.29) is 22.6 Å². The molecule has 0 radical (unpaired) electrons. The Kier molecular flexibility index (Phi) is 6.85. The summed E-state index contributed by atoms with van der Waals surface area (Å²) >= 11 is 12.5. The first-order valence-electron chi connectivity index (χ1n) is 11.3. The van der Waals surface area contributed by atoms with E-state index in [2.05, 4.69) is 20.6 Å². The van der Waals surface area contributed by atoms with E-state index in [1.54, 1.807) is 42.5 Å². The van der Waals surface area contributed by atoms with Crippen molar-refractivity contribution in [2.75, 3.05) is 10.6 Å². The number of amides is 1. The Morgan fingerprint density at radius 3 is 2.35 bits per heavy atom. The van der Waals surface area contributed by atoms with Gasteiger partial charge >= 0.3 is 0 Å². The third-order valence-electron chi connectivity index (χ3n) is 5.67. The van der Waals surface area contributed by atoms with E-state index in [0.29, 0.717) is 38.7 Å². The van der Waals surface area contributed by atoms with Crippen LogP contribution in [0.25, 0.3) is 16.6 Å². The SMILES string of the molecule is C[C@@H](Nc1nc(Cl)ncc1NC(=O)c1ccccc1)c1nc2cccc(Cl)c2c(=O)n1-c1ccccc1. The minimum Gasteiger partial charge on any atom is -0.359 e. The van der Waals surface area contributed by atoms with Crippen LogP contribution in [0.2, 0.25) is 10.3 Å². The van der Waals surface area contributed by atoms with E-state index in [9.17, 15) is 9.59 Å². The molecule has 2 heterocycles. The summed E-state index contributed by atoms with van der Waals surface area (Å²) in [6.07, 6.45) is 1.42. The van der Waals surface area contributed by atoms with E-state index < -0.39 is 6.04 Å². The van der Waals surface area contributed by atoms with E-state index in [0.717, 1.165) is 0 Å². The Hall–Kier alpha value is -4.27. The van der Waals surface area contributed by atoms with Crippen molar-refractivity contribution < 1.29 is 4.79 Å². The fourth-order valence-corrected chi connectivity index (χ4v) is 4.32. The van der Waals surface area contributed by atoms with Crippen LogP contribution >= 0.6 is 23.2 Å². The third-order valence-corrected chi connectivity index (χ3v) is 6.17. The number of aromatic nitrogens is 4. The largest absolute Gasteiger partial charge is 0.359 e. The highest BCUT2D eigenvalue weighted by Gasteiger charge is 2.21. The van der Waals surface area contributed by atoms with Gasteiger partial charge in [-0.15, -0.1) is 0 Å². The van der Waals surface area contributed by atoms with E-state index in [4.69, 9.17) is 28.2 Å². The second-order valence-electron chi connectivity index (χ2n) is 8.17. The average molecular weight is 531 g/mol. The lowest BCUT2D eigenvalue weighted by Gasteiger charge is -2.21. The normalized spacial score (nSPS) is 11.8. The first kappa shape index (κ1) is 24.4. The van der Waals surface area contributed by atoms with Gasteiger partial charge in [-0.05, 0) is 54.9 Å². The van der Waals surface area contributed by atoms with Crippen molar-refractivity contribution in [3.8, 4) is 5.69 Å². The lowest BCUT2D eigenvalue weighted by Crippen LogP contribution is -2.28. The van der Waals surface area contributed by atoms with Crippen LogP contribution in [0.4, 0.5) is 11.5 Å². The molecule has 0 aliphatic carbocycles. The molecule has 184 valence electrons. The molecule has 0 aliphatic heterocycles. The molecule has 0 spiro atoms. The predicted octanol–water partition coefficient (Wildman–Crippen LogP) is 5.91. The number of carbonyl (C=O) groups is 1. The highest BCUT2D eigenvalue weighted by atomic mass is 35.5. The molecule has 37 heavy (non-hydrogen) atoms. The summed E-state index contributed by atoms with van der Waals surface area (Å²) in [7, 11) is 0. The van der Waals surface area contributed by atoms with Crippen molar-refractivity contribution >= 4 is 51.5 Å². The van der Waals surface area contributed by atoms with Crippen LogP contribution in [-0.2, 0) is 0 Å². The summed E-state index contributed by atoms with van der Waals surface area (Å²) in [5.74, 6) is 0.361. The molecule has 8 nitrogen and oxygen atoms in total. The molecule has 1 atom stereocenters. The van der Waals surface area contributed by atoms with Crippen LogP contribution in [0, 0.1) is 0 Å². The third kappa shape index (κ3) is 5.02. The maximum Gasteiger partial charge on any atom is 0.267 e. The number of nitrogens with one attached hydrogen (secondary N) is 2. The molecule has 5 rings (SSSR count). The zero-order valence-corrected chi connectivity index (χ0v) is 21.0. The number of anilines is 2. The number of fused-ring (bicyclic) bond motifs is 1. The Balaban J connectivity index is 1.58. The highest BCUT2D eigenvalue weighted by molar-refractivity contribution is 6.35. The average Bonchev–Trinajstić information content (AvgIpc) is 2.91. The molecule has 0 saturated carbocycles. The van der Waals surface area contributed by atoms with E-state index in [1.807, 2.05) is 43.3 Å². The summed E-state index contributed by atoms with van der Waals surface area (Å²) < 4.78 is 1.51. The Morgan fingerprint density at radius 2 is 1.62 bits per heavy atom. The molecule has 2 aromatic heterocycles. The topological polar surface area (TPSA) is 102 Å². The lowest BCUT2D eigenvalue weighted by molar-refractivity contribution is 0.102. The van der Waals surface area contributed by atoms with E-state index >= 15 is 0 Å². The zero-order chi connectivity index (χ0) is 25.9. The predicted molar refractivity (Wildman–Crippen MR) is 146 cm³/mol. The molecule has 0 bridgehead atoms. The second-order valence-corrected chi connectivity index (χ2v) is 8.91. The molecule has 3 aromatic carbocycles. The van der Waals surface area contributed by atoms with Gasteiger partial charge in [0.1, 0.15) is 11.5 Å². The standard InChI is InChI=1S/C27H20Cl2N6O2/c1-16(31-23-21(15-30-27(29)34-23)33-25(36)17-9-4-2-5-10-17)24-32-20-14-8-13-19(28)22(20)26(37)35(24)18-11-6-3-7-12-18/h2-16H,1H3,(H,33,36)(H,30,31,34)/t16-/m1/s1. The number of hydrogen-bond donors (Lipinski definition) is 2. The molecule has 1 amide bonds. The number of para-hydroxylation sites is 1. The summed E-state index contributed by atoms with van der Waals surface area (Å²) in [5.41, 5.74) is 1.59. The fourth-order valence-electron chi connectivity index (χ4n) is 3.94. The molecule has 0 aliphatic rings. The Bertz CT molecular complexity index is 1660. The van der Waals surface area contributed by atoms with Gasteiger partial charge in [0.2, 0.25) is 5.28 Å². The van der Waals surface area contributed by atoms with Crippen molar-refractivity contribution in [1.29, 1.82) is 0 Å². The molecule has 0 fully saturated rings. The van der Waals surface area contributed by atoms with Crippen molar-refractivity contribution in [3.63, 3.8) is 0 Å². The second kappa shape index (κ2) is 10.4. The molecular formula is C27H20Cl2N6O2. The van der Waals surface area contributed by atoms with Crippen LogP contribution in [0.5, 0.6) is 0 Å². The zero-order valence-electron chi connectivity index (χ0n) is 19.5. The number of benzene rings is 3. The van der Waals surface area contributed by atoms with Crippen LogP contribution in [0.1, 0.15) is 29.1 Å². The van der Waals surface area contributed by atoms with Gasteiger partial charge < -0.3 is 10.6 Å². The molecule has 5 aromatic rings. The maximum atomic E-state index is 13.7. The highest BCUT2D eigenvalue weighted by Crippen LogP contribution is 2.27.